The molecular formula is C16H21N3O5. The summed E-state index contributed by atoms with van der Waals surface area (Å²) in [5.74, 6) is -1.02. The quantitative estimate of drug-likeness (QED) is 0.381. The van der Waals surface area contributed by atoms with E-state index < -0.39 is 10.9 Å². The summed E-state index contributed by atoms with van der Waals surface area (Å²) in [4.78, 5) is 36.2. The summed E-state index contributed by atoms with van der Waals surface area (Å²) in [6.07, 6.45) is 3.86. The maximum atomic E-state index is 12.3. The van der Waals surface area contributed by atoms with Crippen LogP contribution >= 0.6 is 0 Å². The van der Waals surface area contributed by atoms with Crippen molar-refractivity contribution in [3.05, 3.63) is 33.9 Å². The van der Waals surface area contributed by atoms with Crippen LogP contribution in [0.15, 0.2) is 18.2 Å². The Morgan fingerprint density at radius 2 is 2.17 bits per heavy atom. The van der Waals surface area contributed by atoms with Crippen molar-refractivity contribution in [3.63, 3.8) is 0 Å². The van der Waals surface area contributed by atoms with Crippen LogP contribution in [-0.2, 0) is 9.53 Å². The van der Waals surface area contributed by atoms with Crippen molar-refractivity contribution in [1.29, 1.82) is 0 Å². The maximum Gasteiger partial charge on any atom is 0.338 e. The molecule has 0 aliphatic carbocycles. The Morgan fingerprint density at radius 1 is 1.42 bits per heavy atom. The predicted octanol–water partition coefficient (Wildman–Crippen LogP) is 2.12. The van der Waals surface area contributed by atoms with E-state index >= 15 is 0 Å². The molecule has 1 aromatic carbocycles. The number of amides is 1. The van der Waals surface area contributed by atoms with Gasteiger partial charge in [0.1, 0.15) is 5.69 Å². The van der Waals surface area contributed by atoms with Crippen LogP contribution in [0, 0.1) is 10.1 Å². The molecule has 1 aliphatic heterocycles. The summed E-state index contributed by atoms with van der Waals surface area (Å²) in [7, 11) is 0. The lowest BCUT2D eigenvalue weighted by Crippen LogP contribution is -2.45. The average Bonchev–Trinajstić information content (AvgIpc) is 2.59. The van der Waals surface area contributed by atoms with Crippen LogP contribution in [0.1, 0.15) is 43.0 Å². The number of carbonyl (C=O) groups excluding carboxylic acids is 2. The van der Waals surface area contributed by atoms with Crippen molar-refractivity contribution < 1.29 is 19.2 Å². The molecular weight excluding hydrogens is 314 g/mol. The van der Waals surface area contributed by atoms with Crippen molar-refractivity contribution in [2.75, 3.05) is 18.9 Å². The Labute approximate surface area is 139 Å². The van der Waals surface area contributed by atoms with Crippen LogP contribution in [0.2, 0.25) is 0 Å². The first-order valence-electron chi connectivity index (χ1n) is 7.94. The molecule has 0 radical (unpaired) electrons. The Bertz CT molecular complexity index is 647. The van der Waals surface area contributed by atoms with Gasteiger partial charge in [-0.2, -0.15) is 0 Å². The number of carbonyl (C=O) groups is 2. The van der Waals surface area contributed by atoms with E-state index in [1.54, 1.807) is 4.90 Å². The number of nitrogens with two attached hydrogens (primary N) is 1. The van der Waals surface area contributed by atoms with E-state index in [1.165, 1.54) is 12.1 Å². The fourth-order valence-electron chi connectivity index (χ4n) is 2.88. The number of hydrogen-bond donors (Lipinski definition) is 1. The van der Waals surface area contributed by atoms with Crippen molar-refractivity contribution in [3.8, 4) is 0 Å². The first-order chi connectivity index (χ1) is 11.4. The Balaban J connectivity index is 1.99. The Kier molecular flexibility index (Phi) is 5.73. The summed E-state index contributed by atoms with van der Waals surface area (Å²) in [6.45, 7) is 2.32. The summed E-state index contributed by atoms with van der Waals surface area (Å²) < 4.78 is 5.02. The highest BCUT2D eigenvalue weighted by atomic mass is 16.6. The van der Waals surface area contributed by atoms with E-state index in [0.29, 0.717) is 6.54 Å². The molecule has 1 saturated heterocycles. The molecule has 0 spiro atoms. The highest BCUT2D eigenvalue weighted by molar-refractivity contribution is 5.92. The minimum absolute atomic E-state index is 0.00520. The predicted molar refractivity (Wildman–Crippen MR) is 87.4 cm³/mol. The van der Waals surface area contributed by atoms with Crippen molar-refractivity contribution in [2.24, 2.45) is 0 Å². The van der Waals surface area contributed by atoms with Crippen molar-refractivity contribution in [1.82, 2.24) is 4.90 Å². The number of esters is 1. The minimum atomic E-state index is -0.781. The van der Waals surface area contributed by atoms with Gasteiger partial charge in [0.25, 0.3) is 11.6 Å². The van der Waals surface area contributed by atoms with Crippen LogP contribution in [0.25, 0.3) is 0 Å². The number of hydrogen-bond acceptors (Lipinski definition) is 6. The fraction of sp³-hybridized carbons (Fsp3) is 0.500. The van der Waals surface area contributed by atoms with Gasteiger partial charge in [-0.1, -0.05) is 6.92 Å². The zero-order chi connectivity index (χ0) is 17.7. The van der Waals surface area contributed by atoms with Crippen molar-refractivity contribution in [2.45, 2.75) is 38.6 Å². The second-order valence-electron chi connectivity index (χ2n) is 5.75. The van der Waals surface area contributed by atoms with E-state index in [-0.39, 0.29) is 35.5 Å². The number of nitrogens with zero attached hydrogens (tertiary/aromatic N) is 2. The number of piperidine rings is 1. The number of likely N-dealkylation sites (tertiary alicyclic amines) is 1. The molecule has 2 N–H and O–H groups in total. The van der Waals surface area contributed by atoms with Gasteiger partial charge in [0.05, 0.1) is 10.5 Å². The Hall–Kier alpha value is -2.64. The van der Waals surface area contributed by atoms with E-state index in [1.807, 2.05) is 6.92 Å². The zero-order valence-electron chi connectivity index (χ0n) is 13.6. The molecule has 1 heterocycles. The van der Waals surface area contributed by atoms with Crippen LogP contribution in [-0.4, -0.2) is 40.9 Å². The largest absolute Gasteiger partial charge is 0.452 e. The lowest BCUT2D eigenvalue weighted by atomic mass is 10.00. The molecule has 8 nitrogen and oxygen atoms in total. The SMILES string of the molecule is CC[C@H]1CCCCN1C(=O)COC(=O)c1ccc(N)c([N+](=O)[O-])c1. The van der Waals surface area contributed by atoms with Crippen LogP contribution in [0.3, 0.4) is 0 Å². The van der Waals surface area contributed by atoms with Crippen LogP contribution in [0.5, 0.6) is 0 Å². The molecule has 2 rings (SSSR count). The lowest BCUT2D eigenvalue weighted by Gasteiger charge is -2.35. The molecule has 0 saturated carbocycles. The molecule has 1 aliphatic rings. The number of nitro benzene ring substituents is 1. The first kappa shape index (κ1) is 17.7. The van der Waals surface area contributed by atoms with Gasteiger partial charge < -0.3 is 15.4 Å². The molecule has 0 unspecified atom stereocenters. The zero-order valence-corrected chi connectivity index (χ0v) is 13.6. The number of rotatable bonds is 5. The van der Waals surface area contributed by atoms with E-state index in [2.05, 4.69) is 0 Å². The minimum Gasteiger partial charge on any atom is -0.452 e. The third kappa shape index (κ3) is 4.01. The molecule has 0 aromatic heterocycles. The second-order valence-corrected chi connectivity index (χ2v) is 5.75. The number of anilines is 1. The van der Waals surface area contributed by atoms with E-state index in [0.717, 1.165) is 31.7 Å². The second kappa shape index (κ2) is 7.76. The first-order valence-corrected chi connectivity index (χ1v) is 7.94. The van der Waals surface area contributed by atoms with Gasteiger partial charge in [0, 0.05) is 18.7 Å². The highest BCUT2D eigenvalue weighted by Gasteiger charge is 2.26. The lowest BCUT2D eigenvalue weighted by molar-refractivity contribution is -0.383. The third-order valence-electron chi connectivity index (χ3n) is 4.21. The molecule has 0 bridgehead atoms. The summed E-state index contributed by atoms with van der Waals surface area (Å²) >= 11 is 0. The van der Waals surface area contributed by atoms with Crippen molar-refractivity contribution >= 4 is 23.3 Å². The standard InChI is InChI=1S/C16H21N3O5/c1-2-12-5-3-4-8-18(12)15(20)10-24-16(21)11-6-7-13(17)14(9-11)19(22)23/h6-7,9,12H,2-5,8,10,17H2,1H3/t12-/m0/s1. The van der Waals surface area contributed by atoms with Gasteiger partial charge in [0.15, 0.2) is 6.61 Å². The summed E-state index contributed by atoms with van der Waals surface area (Å²) in [5.41, 5.74) is 5.08. The topological polar surface area (TPSA) is 116 Å². The van der Waals surface area contributed by atoms with Crippen LogP contribution in [0.4, 0.5) is 11.4 Å². The van der Waals surface area contributed by atoms with Crippen LogP contribution < -0.4 is 5.73 Å². The third-order valence-corrected chi connectivity index (χ3v) is 4.21. The number of benzene rings is 1. The number of ether oxygens (including phenoxy) is 1. The normalized spacial score (nSPS) is 17.4. The van der Waals surface area contributed by atoms with E-state index in [9.17, 15) is 19.7 Å². The van der Waals surface area contributed by atoms with Gasteiger partial charge in [-0.15, -0.1) is 0 Å². The maximum absolute atomic E-state index is 12.3. The van der Waals surface area contributed by atoms with Gasteiger partial charge in [-0.25, -0.2) is 4.79 Å². The molecule has 1 amide bonds. The fourth-order valence-corrected chi connectivity index (χ4v) is 2.88. The monoisotopic (exact) mass is 335 g/mol. The van der Waals surface area contributed by atoms with Gasteiger partial charge in [-0.3, -0.25) is 14.9 Å². The average molecular weight is 335 g/mol. The molecule has 1 atom stereocenters. The Morgan fingerprint density at radius 3 is 2.83 bits per heavy atom. The molecule has 1 fully saturated rings. The molecule has 1 aromatic rings. The smallest absolute Gasteiger partial charge is 0.338 e. The van der Waals surface area contributed by atoms with E-state index in [4.69, 9.17) is 10.5 Å². The summed E-state index contributed by atoms with van der Waals surface area (Å²) in [5, 5.41) is 10.9. The summed E-state index contributed by atoms with van der Waals surface area (Å²) in [6, 6.07) is 3.85. The molecule has 24 heavy (non-hydrogen) atoms. The van der Waals surface area contributed by atoms with Gasteiger partial charge in [0.2, 0.25) is 0 Å². The molecule has 8 heteroatoms. The highest BCUT2D eigenvalue weighted by Crippen LogP contribution is 2.23. The number of nitrogen functional groups attached to an aromatic ring is 1. The van der Waals surface area contributed by atoms with Gasteiger partial charge in [-0.05, 0) is 37.8 Å². The molecule has 130 valence electrons. The number of nitro groups is 1. The van der Waals surface area contributed by atoms with Gasteiger partial charge >= 0.3 is 5.97 Å².